The summed E-state index contributed by atoms with van der Waals surface area (Å²) in [5.41, 5.74) is 6.41. The third kappa shape index (κ3) is 2.09. The van der Waals surface area contributed by atoms with Crippen LogP contribution in [0.4, 0.5) is 14.6 Å². The van der Waals surface area contributed by atoms with Gasteiger partial charge in [-0.2, -0.15) is 8.78 Å². The zero-order valence-corrected chi connectivity index (χ0v) is 7.52. The molecule has 1 heterocycles. The molecule has 0 spiro atoms. The van der Waals surface area contributed by atoms with Gasteiger partial charge in [0.2, 0.25) is 0 Å². The van der Waals surface area contributed by atoms with E-state index < -0.39 is 6.61 Å². The second-order valence-electron chi connectivity index (χ2n) is 2.82. The molecule has 2 N–H and O–H groups in total. The Labute approximate surface area is 83.7 Å². The molecule has 6 heteroatoms. The van der Waals surface area contributed by atoms with Crippen molar-refractivity contribution < 1.29 is 13.5 Å². The van der Waals surface area contributed by atoms with E-state index in [4.69, 9.17) is 5.73 Å². The van der Waals surface area contributed by atoms with Crippen LogP contribution in [-0.2, 0) is 0 Å². The number of hydrogen-bond donors (Lipinski definition) is 1. The van der Waals surface area contributed by atoms with Crippen LogP contribution >= 0.6 is 0 Å². The predicted molar refractivity (Wildman–Crippen MR) is 50.6 cm³/mol. The van der Waals surface area contributed by atoms with Crippen LogP contribution in [0.5, 0.6) is 5.75 Å². The van der Waals surface area contributed by atoms with Gasteiger partial charge >= 0.3 is 6.61 Å². The topological polar surface area (TPSA) is 61.0 Å². The van der Waals surface area contributed by atoms with Gasteiger partial charge in [0, 0.05) is 6.07 Å². The monoisotopic (exact) mass is 211 g/mol. The Kier molecular flexibility index (Phi) is 2.32. The number of nitrogens with zero attached hydrogens (tertiary/aromatic N) is 2. The van der Waals surface area contributed by atoms with Crippen LogP contribution in [-0.4, -0.2) is 16.6 Å². The summed E-state index contributed by atoms with van der Waals surface area (Å²) in [7, 11) is 0. The van der Waals surface area contributed by atoms with Gasteiger partial charge < -0.3 is 10.5 Å². The van der Waals surface area contributed by atoms with Gasteiger partial charge in [0.1, 0.15) is 11.6 Å². The Bertz CT molecular complexity index is 490. The lowest BCUT2D eigenvalue weighted by molar-refractivity contribution is -0.0497. The van der Waals surface area contributed by atoms with E-state index in [2.05, 4.69) is 14.7 Å². The molecule has 1 aromatic heterocycles. The van der Waals surface area contributed by atoms with E-state index in [1.54, 1.807) is 6.07 Å². The molecule has 1 aromatic carbocycles. The molecule has 0 unspecified atom stereocenters. The van der Waals surface area contributed by atoms with Gasteiger partial charge in [-0.1, -0.05) is 0 Å². The van der Waals surface area contributed by atoms with Gasteiger partial charge in [-0.3, -0.25) is 4.98 Å². The summed E-state index contributed by atoms with van der Waals surface area (Å²) >= 11 is 0. The van der Waals surface area contributed by atoms with Crippen LogP contribution < -0.4 is 10.5 Å². The molecule has 0 radical (unpaired) electrons. The lowest BCUT2D eigenvalue weighted by Gasteiger charge is -2.04. The summed E-state index contributed by atoms with van der Waals surface area (Å²) in [5.74, 6) is 0.272. The molecule has 0 atom stereocenters. The molecular formula is C9H7F2N3O. The number of anilines is 1. The largest absolute Gasteiger partial charge is 0.435 e. The van der Waals surface area contributed by atoms with Crippen molar-refractivity contribution in [1.29, 1.82) is 0 Å². The second-order valence-corrected chi connectivity index (χ2v) is 2.82. The van der Waals surface area contributed by atoms with Crippen LogP contribution in [0, 0.1) is 0 Å². The van der Waals surface area contributed by atoms with Crippen molar-refractivity contribution in [3.05, 3.63) is 24.4 Å². The molecule has 0 saturated carbocycles. The minimum Gasteiger partial charge on any atom is -0.435 e. The Morgan fingerprint density at radius 1 is 1.27 bits per heavy atom. The molecule has 0 aliphatic rings. The summed E-state index contributed by atoms with van der Waals surface area (Å²) in [6, 6.07) is 4.31. The lowest BCUT2D eigenvalue weighted by Crippen LogP contribution is -2.02. The summed E-state index contributed by atoms with van der Waals surface area (Å²) in [5, 5.41) is 0. The second kappa shape index (κ2) is 3.64. The smallest absolute Gasteiger partial charge is 0.387 e. The highest BCUT2D eigenvalue weighted by atomic mass is 19.3. The fourth-order valence-corrected chi connectivity index (χ4v) is 1.18. The van der Waals surface area contributed by atoms with Crippen LogP contribution in [0.3, 0.4) is 0 Å². The van der Waals surface area contributed by atoms with Crippen LogP contribution in [0.25, 0.3) is 11.0 Å². The molecule has 2 rings (SSSR count). The number of benzene rings is 1. The number of halogens is 2. The molecule has 0 bridgehead atoms. The SMILES string of the molecule is Nc1cnc2ccc(OC(F)F)cc2n1. The number of ether oxygens (including phenoxy) is 1. The first-order chi connectivity index (χ1) is 7.15. The Morgan fingerprint density at radius 2 is 2.07 bits per heavy atom. The standard InChI is InChI=1S/C9H7F2N3O/c10-9(11)15-5-1-2-6-7(3-5)14-8(12)4-13-6/h1-4,9H,(H2,12,14). The minimum absolute atomic E-state index is 0.0393. The van der Waals surface area contributed by atoms with E-state index in [1.807, 2.05) is 0 Å². The number of rotatable bonds is 2. The first-order valence-corrected chi connectivity index (χ1v) is 4.12. The maximum absolute atomic E-state index is 11.9. The van der Waals surface area contributed by atoms with Crippen molar-refractivity contribution in [2.45, 2.75) is 6.61 Å². The average Bonchev–Trinajstić information content (AvgIpc) is 2.16. The van der Waals surface area contributed by atoms with Crippen molar-refractivity contribution >= 4 is 16.9 Å². The fraction of sp³-hybridized carbons (Fsp3) is 0.111. The molecule has 0 amide bonds. The maximum atomic E-state index is 11.9. The third-order valence-electron chi connectivity index (χ3n) is 1.76. The summed E-state index contributed by atoms with van der Waals surface area (Å²) in [6.45, 7) is -2.85. The van der Waals surface area contributed by atoms with Crippen molar-refractivity contribution in [2.24, 2.45) is 0 Å². The van der Waals surface area contributed by atoms with Crippen LogP contribution in [0.15, 0.2) is 24.4 Å². The molecule has 0 saturated heterocycles. The summed E-state index contributed by atoms with van der Waals surface area (Å²) in [4.78, 5) is 7.90. The highest BCUT2D eigenvalue weighted by Crippen LogP contribution is 2.19. The van der Waals surface area contributed by atoms with Crippen LogP contribution in [0.2, 0.25) is 0 Å². The number of hydrogen-bond acceptors (Lipinski definition) is 4. The van der Waals surface area contributed by atoms with Crippen molar-refractivity contribution in [1.82, 2.24) is 9.97 Å². The van der Waals surface area contributed by atoms with Gasteiger partial charge in [-0.25, -0.2) is 4.98 Å². The van der Waals surface area contributed by atoms with E-state index in [0.717, 1.165) is 0 Å². The molecule has 0 aliphatic carbocycles. The van der Waals surface area contributed by atoms with Gasteiger partial charge in [-0.05, 0) is 12.1 Å². The van der Waals surface area contributed by atoms with Crippen LogP contribution in [0.1, 0.15) is 0 Å². The minimum atomic E-state index is -2.85. The molecule has 4 nitrogen and oxygen atoms in total. The number of aromatic nitrogens is 2. The third-order valence-corrected chi connectivity index (χ3v) is 1.76. The van der Waals surface area contributed by atoms with E-state index in [1.165, 1.54) is 18.3 Å². The van der Waals surface area contributed by atoms with Gasteiger partial charge in [0.15, 0.2) is 0 Å². The fourth-order valence-electron chi connectivity index (χ4n) is 1.18. The predicted octanol–water partition coefficient (Wildman–Crippen LogP) is 1.81. The van der Waals surface area contributed by atoms with E-state index >= 15 is 0 Å². The summed E-state index contributed by atoms with van der Waals surface area (Å²) < 4.78 is 28.1. The van der Waals surface area contributed by atoms with Gasteiger partial charge in [-0.15, -0.1) is 0 Å². The van der Waals surface area contributed by atoms with E-state index in [0.29, 0.717) is 11.0 Å². The lowest BCUT2D eigenvalue weighted by atomic mass is 10.3. The molecule has 78 valence electrons. The van der Waals surface area contributed by atoms with Gasteiger partial charge in [0.25, 0.3) is 0 Å². The highest BCUT2D eigenvalue weighted by molar-refractivity contribution is 5.76. The molecule has 2 aromatic rings. The zero-order valence-electron chi connectivity index (χ0n) is 7.52. The van der Waals surface area contributed by atoms with E-state index in [9.17, 15) is 8.78 Å². The molecule has 0 aliphatic heterocycles. The summed E-state index contributed by atoms with van der Waals surface area (Å²) in [6.07, 6.45) is 1.40. The maximum Gasteiger partial charge on any atom is 0.387 e. The number of nitrogen functional groups attached to an aromatic ring is 1. The quantitative estimate of drug-likeness (QED) is 0.822. The first-order valence-electron chi connectivity index (χ1n) is 4.12. The number of alkyl halides is 2. The molecular weight excluding hydrogens is 204 g/mol. The molecule has 15 heavy (non-hydrogen) atoms. The first kappa shape index (κ1) is 9.57. The highest BCUT2D eigenvalue weighted by Gasteiger charge is 2.05. The normalized spacial score (nSPS) is 10.9. The Morgan fingerprint density at radius 3 is 2.80 bits per heavy atom. The zero-order chi connectivity index (χ0) is 10.8. The van der Waals surface area contributed by atoms with Crippen molar-refractivity contribution in [2.75, 3.05) is 5.73 Å². The van der Waals surface area contributed by atoms with Gasteiger partial charge in [0.05, 0.1) is 17.2 Å². The Hall–Kier alpha value is -1.98. The Balaban J connectivity index is 2.45. The number of fused-ring (bicyclic) bond motifs is 1. The average molecular weight is 211 g/mol. The number of nitrogens with two attached hydrogens (primary N) is 1. The molecule has 0 fully saturated rings. The van der Waals surface area contributed by atoms with Crippen molar-refractivity contribution in [3.8, 4) is 5.75 Å². The van der Waals surface area contributed by atoms with E-state index in [-0.39, 0.29) is 11.6 Å². The van der Waals surface area contributed by atoms with Crippen molar-refractivity contribution in [3.63, 3.8) is 0 Å².